The monoisotopic (exact) mass is 221 g/mol. The first-order valence-corrected chi connectivity index (χ1v) is 5.92. The Balaban J connectivity index is 3.51. The predicted octanol–water partition coefficient (Wildman–Crippen LogP) is 0.796. The molecule has 0 radical (unpaired) electrons. The Morgan fingerprint density at radius 1 is 1.54 bits per heavy atom. The predicted molar refractivity (Wildman–Crippen MR) is 49.4 cm³/mol. The Labute approximate surface area is 80.2 Å². The Hall–Kier alpha value is -0.810. The van der Waals surface area contributed by atoms with Gasteiger partial charge in [0.05, 0.1) is 0 Å². The van der Waals surface area contributed by atoms with Crippen LogP contribution in [0.3, 0.4) is 0 Å². The van der Waals surface area contributed by atoms with E-state index >= 15 is 0 Å². The minimum Gasteiger partial charge on any atom is -0.315 e. The Morgan fingerprint density at radius 3 is 2.62 bits per heavy atom. The van der Waals surface area contributed by atoms with Crippen LogP contribution in [0.2, 0.25) is 0 Å². The lowest BCUT2D eigenvalue weighted by Crippen LogP contribution is -2.22. The third-order valence-corrected chi connectivity index (χ3v) is 2.92. The van der Waals surface area contributed by atoms with E-state index in [2.05, 4.69) is 0 Å². The molecule has 13 heavy (non-hydrogen) atoms. The smallest absolute Gasteiger partial charge is 0.270 e. The van der Waals surface area contributed by atoms with Gasteiger partial charge >= 0.3 is 0 Å². The fraction of sp³-hybridized carbons (Fsp3) is 0.286. The van der Waals surface area contributed by atoms with Gasteiger partial charge in [-0.15, -0.1) is 0 Å². The standard InChI is InChI=1S/C7H8ClNO3S/c1-2-9-5-3-4-6(7(9)10)13(8,11)12/h3-5H,2H2,1H3. The lowest BCUT2D eigenvalue weighted by atomic mass is 10.5. The first-order chi connectivity index (χ1) is 5.96. The van der Waals surface area contributed by atoms with E-state index in [0.29, 0.717) is 6.54 Å². The Kier molecular flexibility index (Phi) is 2.77. The third kappa shape index (κ3) is 2.10. The van der Waals surface area contributed by atoms with E-state index in [-0.39, 0.29) is 4.90 Å². The van der Waals surface area contributed by atoms with Crippen LogP contribution < -0.4 is 5.56 Å². The average molecular weight is 222 g/mol. The summed E-state index contributed by atoms with van der Waals surface area (Å²) in [6.07, 6.45) is 1.51. The highest BCUT2D eigenvalue weighted by atomic mass is 35.7. The van der Waals surface area contributed by atoms with Gasteiger partial charge in [-0.25, -0.2) is 8.42 Å². The SMILES string of the molecule is CCn1cccc(S(=O)(=O)Cl)c1=O. The minimum absolute atomic E-state index is 0.376. The summed E-state index contributed by atoms with van der Waals surface area (Å²) in [6.45, 7) is 2.16. The van der Waals surface area contributed by atoms with Gasteiger partial charge in [-0.05, 0) is 19.1 Å². The molecule has 4 nitrogen and oxygen atoms in total. The fourth-order valence-corrected chi connectivity index (χ4v) is 1.87. The van der Waals surface area contributed by atoms with Crippen LogP contribution >= 0.6 is 10.7 Å². The first kappa shape index (κ1) is 10.3. The van der Waals surface area contributed by atoms with Gasteiger partial charge in [0.15, 0.2) is 0 Å². The number of nitrogens with zero attached hydrogens (tertiary/aromatic N) is 1. The van der Waals surface area contributed by atoms with Gasteiger partial charge < -0.3 is 4.57 Å². The van der Waals surface area contributed by atoms with Crippen molar-refractivity contribution in [1.29, 1.82) is 0 Å². The molecule has 0 aliphatic heterocycles. The molecule has 0 aliphatic carbocycles. The van der Waals surface area contributed by atoms with Crippen LogP contribution in [0, 0.1) is 0 Å². The van der Waals surface area contributed by atoms with Gasteiger partial charge in [0.1, 0.15) is 4.90 Å². The fourth-order valence-electron chi connectivity index (χ4n) is 0.949. The van der Waals surface area contributed by atoms with Crippen molar-refractivity contribution in [2.24, 2.45) is 0 Å². The van der Waals surface area contributed by atoms with Crippen molar-refractivity contribution in [3.05, 3.63) is 28.7 Å². The van der Waals surface area contributed by atoms with Gasteiger partial charge in [0.25, 0.3) is 14.6 Å². The second-order valence-corrected chi connectivity index (χ2v) is 4.94. The minimum atomic E-state index is -3.93. The summed E-state index contributed by atoms with van der Waals surface area (Å²) in [6, 6.07) is 2.66. The maximum absolute atomic E-state index is 11.3. The van der Waals surface area contributed by atoms with Crippen LogP contribution in [0.25, 0.3) is 0 Å². The molecule has 0 aromatic carbocycles. The number of rotatable bonds is 2. The normalized spacial score (nSPS) is 11.5. The molecule has 0 atom stereocenters. The molecule has 0 amide bonds. The zero-order valence-corrected chi connectivity index (χ0v) is 8.47. The largest absolute Gasteiger partial charge is 0.315 e. The van der Waals surface area contributed by atoms with Crippen LogP contribution in [0.4, 0.5) is 0 Å². The average Bonchev–Trinajstić information content (AvgIpc) is 2.02. The van der Waals surface area contributed by atoms with E-state index in [1.54, 1.807) is 6.92 Å². The summed E-state index contributed by atoms with van der Waals surface area (Å²) in [4.78, 5) is 11.0. The molecule has 0 bridgehead atoms. The molecule has 0 N–H and O–H groups in total. The molecule has 1 aromatic heterocycles. The van der Waals surface area contributed by atoms with Crippen molar-refractivity contribution in [2.75, 3.05) is 0 Å². The number of halogens is 1. The van der Waals surface area contributed by atoms with E-state index in [4.69, 9.17) is 10.7 Å². The van der Waals surface area contributed by atoms with Crippen molar-refractivity contribution in [3.63, 3.8) is 0 Å². The van der Waals surface area contributed by atoms with E-state index in [0.717, 1.165) is 0 Å². The maximum atomic E-state index is 11.3. The molecular formula is C7H8ClNO3S. The number of aromatic nitrogens is 1. The summed E-state index contributed by atoms with van der Waals surface area (Å²) in [5, 5.41) is 0. The number of pyridine rings is 1. The van der Waals surface area contributed by atoms with Gasteiger partial charge in [-0.2, -0.15) is 0 Å². The maximum Gasteiger partial charge on any atom is 0.270 e. The molecular weight excluding hydrogens is 214 g/mol. The van der Waals surface area contributed by atoms with Crippen molar-refractivity contribution in [3.8, 4) is 0 Å². The Morgan fingerprint density at radius 2 is 2.15 bits per heavy atom. The van der Waals surface area contributed by atoms with Gasteiger partial charge in [0, 0.05) is 23.4 Å². The number of aryl methyl sites for hydroxylation is 1. The summed E-state index contributed by atoms with van der Waals surface area (Å²) in [7, 11) is 1.12. The first-order valence-electron chi connectivity index (χ1n) is 3.61. The number of hydrogen-bond acceptors (Lipinski definition) is 3. The zero-order chi connectivity index (χ0) is 10.1. The van der Waals surface area contributed by atoms with E-state index in [9.17, 15) is 13.2 Å². The molecule has 1 heterocycles. The summed E-state index contributed by atoms with van der Waals surface area (Å²) >= 11 is 0. The highest BCUT2D eigenvalue weighted by molar-refractivity contribution is 8.13. The molecule has 0 aliphatic rings. The van der Waals surface area contributed by atoms with Crippen LogP contribution in [0.15, 0.2) is 28.0 Å². The van der Waals surface area contributed by atoms with E-state index in [1.165, 1.54) is 22.9 Å². The second-order valence-electron chi connectivity index (χ2n) is 2.40. The van der Waals surface area contributed by atoms with E-state index < -0.39 is 14.6 Å². The molecule has 0 saturated carbocycles. The van der Waals surface area contributed by atoms with Gasteiger partial charge in [-0.3, -0.25) is 4.79 Å². The molecule has 72 valence electrons. The van der Waals surface area contributed by atoms with Crippen LogP contribution in [-0.4, -0.2) is 13.0 Å². The number of hydrogen-bond donors (Lipinski definition) is 0. The highest BCUT2D eigenvalue weighted by Gasteiger charge is 2.15. The molecule has 0 spiro atoms. The highest BCUT2D eigenvalue weighted by Crippen LogP contribution is 2.08. The molecule has 0 fully saturated rings. The summed E-state index contributed by atoms with van der Waals surface area (Å²) in [5.41, 5.74) is -0.583. The van der Waals surface area contributed by atoms with Crippen molar-refractivity contribution in [1.82, 2.24) is 4.57 Å². The summed E-state index contributed by atoms with van der Waals surface area (Å²) < 4.78 is 23.0. The lowest BCUT2D eigenvalue weighted by molar-refractivity contribution is 0.604. The topological polar surface area (TPSA) is 56.1 Å². The van der Waals surface area contributed by atoms with Crippen LogP contribution in [-0.2, 0) is 15.6 Å². The van der Waals surface area contributed by atoms with Gasteiger partial charge in [0.2, 0.25) is 0 Å². The summed E-state index contributed by atoms with van der Waals surface area (Å²) in [5.74, 6) is 0. The lowest BCUT2D eigenvalue weighted by Gasteiger charge is -2.01. The van der Waals surface area contributed by atoms with Crippen molar-refractivity contribution >= 4 is 19.7 Å². The van der Waals surface area contributed by atoms with Crippen molar-refractivity contribution in [2.45, 2.75) is 18.4 Å². The zero-order valence-electron chi connectivity index (χ0n) is 6.90. The molecule has 1 aromatic rings. The quantitative estimate of drug-likeness (QED) is 0.694. The van der Waals surface area contributed by atoms with Gasteiger partial charge in [-0.1, -0.05) is 0 Å². The Bertz CT molecular complexity index is 463. The van der Waals surface area contributed by atoms with Crippen LogP contribution in [0.5, 0.6) is 0 Å². The van der Waals surface area contributed by atoms with Crippen molar-refractivity contribution < 1.29 is 8.42 Å². The molecule has 6 heteroatoms. The second kappa shape index (κ2) is 3.51. The molecule has 1 rings (SSSR count). The van der Waals surface area contributed by atoms with E-state index in [1.807, 2.05) is 0 Å². The van der Waals surface area contributed by atoms with Crippen LogP contribution in [0.1, 0.15) is 6.92 Å². The molecule has 0 unspecified atom stereocenters. The third-order valence-electron chi connectivity index (χ3n) is 1.59. The molecule has 0 saturated heterocycles.